The number of fused-ring (bicyclic) bond motifs is 6. The Morgan fingerprint density at radius 1 is 0.776 bits per heavy atom. The van der Waals surface area contributed by atoms with Gasteiger partial charge in [0, 0.05) is 28.6 Å². The van der Waals surface area contributed by atoms with Crippen molar-refractivity contribution in [3.8, 4) is 11.8 Å². The maximum absolute atomic E-state index is 15.5. The number of aromatic amines is 2. The highest BCUT2D eigenvalue weighted by Gasteiger charge is 2.57. The maximum atomic E-state index is 15.5. The summed E-state index contributed by atoms with van der Waals surface area (Å²) in [5, 5.41) is 16.3. The van der Waals surface area contributed by atoms with Crippen molar-refractivity contribution in [2.75, 3.05) is 7.11 Å². The van der Waals surface area contributed by atoms with Gasteiger partial charge in [-0.15, -0.1) is 0 Å². The van der Waals surface area contributed by atoms with Crippen molar-refractivity contribution in [1.82, 2.24) is 40.4 Å². The van der Waals surface area contributed by atoms with Crippen LogP contribution in [0.5, 0.6) is 0 Å². The van der Waals surface area contributed by atoms with Gasteiger partial charge in [0.2, 0.25) is 11.8 Å². The van der Waals surface area contributed by atoms with Gasteiger partial charge in [-0.2, -0.15) is 0 Å². The van der Waals surface area contributed by atoms with Crippen LogP contribution >= 0.6 is 0 Å². The summed E-state index contributed by atoms with van der Waals surface area (Å²) < 4.78 is 20.3. The van der Waals surface area contributed by atoms with E-state index in [1.165, 1.54) is 13.2 Å². The third-order valence-electron chi connectivity index (χ3n) is 12.3. The SMILES string of the molecule is COC(=O)N[C@H](C(=O)N1[C@@H]2C[C@@H]2C[C@H]1c1nc2c(ccc3cc(C#Cc4cc(F)c5nc([C@@H]6C[C@H]7C[C@H]7N6C(=O)[C@@H](NC(=O)O)C(C)C)[nH]c5c4)ccc32)[nH]1)C(C)C. The summed E-state index contributed by atoms with van der Waals surface area (Å²) in [5.74, 6) is 6.82. The molecule has 3 aromatic carbocycles. The molecule has 15 heteroatoms. The summed E-state index contributed by atoms with van der Waals surface area (Å²) in [5.41, 5.74) is 3.44. The maximum Gasteiger partial charge on any atom is 0.407 e. The van der Waals surface area contributed by atoms with Crippen LogP contribution < -0.4 is 10.6 Å². The predicted octanol–water partition coefficient (Wildman–Crippen LogP) is 6.13. The fraction of sp³-hybridized carbons (Fsp3) is 0.442. The molecule has 9 rings (SSSR count). The van der Waals surface area contributed by atoms with E-state index >= 15 is 4.39 Å². The normalized spacial score (nSPS) is 24.1. The number of amides is 4. The minimum Gasteiger partial charge on any atom is -0.465 e. The lowest BCUT2D eigenvalue weighted by Gasteiger charge is -2.31. The van der Waals surface area contributed by atoms with Crippen molar-refractivity contribution >= 4 is 56.8 Å². The molecule has 2 aliphatic carbocycles. The number of carbonyl (C=O) groups is 4. The standard InChI is InChI=1S/C43H45FN8O6/c1-19(2)34(49-42(55)56)40(53)51-30-15-25(30)18-33(51)39-46-29-14-22(13-27(44)37(29)48-39)7-6-21-8-10-26-23(12-21)9-11-28-36(26)47-38(45-28)32-17-24-16-31(24)52(32)41(54)35(20(3)4)50-43(57)58-5/h8-14,19-20,24-25,30-35,49H,15-18H2,1-5H3,(H,45,47)(H,46,48)(H,50,57)(H,55,56)/t24-,25-,30-,31-,32+,33+,34+,35+/m1/s1. The summed E-state index contributed by atoms with van der Waals surface area (Å²) in [6, 6.07) is 10.8. The second-order valence-corrected chi connectivity index (χ2v) is 16.9. The van der Waals surface area contributed by atoms with Gasteiger partial charge in [0.1, 0.15) is 29.2 Å². The highest BCUT2D eigenvalue weighted by atomic mass is 19.1. The topological polar surface area (TPSA) is 186 Å². The van der Waals surface area contributed by atoms with E-state index in [9.17, 15) is 24.3 Å². The highest BCUT2D eigenvalue weighted by molar-refractivity contribution is 6.04. The van der Waals surface area contributed by atoms with E-state index in [4.69, 9.17) is 9.72 Å². The number of carboxylic acid groups (broad SMARTS) is 1. The first-order valence-electron chi connectivity index (χ1n) is 19.9. The van der Waals surface area contributed by atoms with Crippen LogP contribution in [0.4, 0.5) is 14.0 Å². The van der Waals surface area contributed by atoms with E-state index in [2.05, 4.69) is 37.4 Å². The van der Waals surface area contributed by atoms with E-state index in [0.717, 1.165) is 46.6 Å². The van der Waals surface area contributed by atoms with Gasteiger partial charge in [0.15, 0.2) is 5.82 Å². The second kappa shape index (κ2) is 14.0. The Hall–Kier alpha value is -6.17. The molecule has 58 heavy (non-hydrogen) atoms. The molecular formula is C43H45FN8O6. The van der Waals surface area contributed by atoms with Crippen molar-refractivity contribution in [3.63, 3.8) is 0 Å². The average molecular weight is 789 g/mol. The van der Waals surface area contributed by atoms with E-state index in [0.29, 0.717) is 41.0 Å². The van der Waals surface area contributed by atoms with Crippen LogP contribution in [-0.2, 0) is 14.3 Å². The summed E-state index contributed by atoms with van der Waals surface area (Å²) in [7, 11) is 1.29. The molecular weight excluding hydrogens is 744 g/mol. The number of H-pyrrole nitrogens is 2. The molecule has 0 unspecified atom stereocenters. The van der Waals surface area contributed by atoms with Crippen molar-refractivity contribution in [2.24, 2.45) is 23.7 Å². The summed E-state index contributed by atoms with van der Waals surface area (Å²) in [4.78, 5) is 71.1. The third-order valence-corrected chi connectivity index (χ3v) is 12.3. The number of rotatable bonds is 8. The molecule has 4 fully saturated rings. The monoisotopic (exact) mass is 788 g/mol. The van der Waals surface area contributed by atoms with E-state index < -0.39 is 36.1 Å². The lowest BCUT2D eigenvalue weighted by atomic mass is 10.0. The zero-order valence-electron chi connectivity index (χ0n) is 32.8. The number of benzene rings is 3. The summed E-state index contributed by atoms with van der Waals surface area (Å²) in [6.45, 7) is 7.40. The Bertz CT molecular complexity index is 2590. The number of aromatic nitrogens is 4. The Balaban J connectivity index is 0.954. The smallest absolute Gasteiger partial charge is 0.407 e. The molecule has 5 N–H and O–H groups in total. The van der Waals surface area contributed by atoms with Gasteiger partial charge in [-0.25, -0.2) is 23.9 Å². The van der Waals surface area contributed by atoms with Crippen LogP contribution in [0.25, 0.3) is 32.8 Å². The number of halogens is 1. The lowest BCUT2D eigenvalue weighted by molar-refractivity contribution is -0.137. The molecule has 4 heterocycles. The largest absolute Gasteiger partial charge is 0.465 e. The number of carbonyl (C=O) groups excluding carboxylic acids is 3. The number of piperidine rings is 2. The molecule has 2 saturated heterocycles. The molecule has 4 aliphatic rings. The van der Waals surface area contributed by atoms with E-state index in [1.54, 1.807) is 24.8 Å². The highest BCUT2D eigenvalue weighted by Crippen LogP contribution is 2.54. The molecule has 0 bridgehead atoms. The molecule has 2 aromatic heterocycles. The fourth-order valence-electron chi connectivity index (χ4n) is 9.23. The average Bonchev–Trinajstić information content (AvgIpc) is 3.84. The number of nitrogens with one attached hydrogen (secondary N) is 4. The quantitative estimate of drug-likeness (QED) is 0.116. The predicted molar refractivity (Wildman–Crippen MR) is 212 cm³/mol. The van der Waals surface area contributed by atoms with Gasteiger partial charge in [-0.1, -0.05) is 51.7 Å². The molecule has 8 atom stereocenters. The molecule has 0 spiro atoms. The Labute approximate surface area is 333 Å². The molecule has 14 nitrogen and oxygen atoms in total. The molecule has 300 valence electrons. The van der Waals surface area contributed by atoms with Crippen LogP contribution in [-0.4, -0.2) is 90.1 Å². The number of nitrogens with zero attached hydrogens (tertiary/aromatic N) is 4. The number of imidazole rings is 2. The van der Waals surface area contributed by atoms with Crippen molar-refractivity contribution in [1.29, 1.82) is 0 Å². The zero-order chi connectivity index (χ0) is 40.7. The minimum atomic E-state index is -1.26. The first-order valence-corrected chi connectivity index (χ1v) is 19.9. The third kappa shape index (κ3) is 6.54. The number of methoxy groups -OCH3 is 1. The molecule has 2 saturated carbocycles. The van der Waals surface area contributed by atoms with Gasteiger partial charge >= 0.3 is 12.2 Å². The number of hydrogen-bond acceptors (Lipinski definition) is 7. The number of hydrogen-bond donors (Lipinski definition) is 5. The second-order valence-electron chi connectivity index (χ2n) is 16.9. The number of ether oxygens (including phenoxy) is 1. The van der Waals surface area contributed by atoms with Crippen LogP contribution in [0.1, 0.15) is 88.2 Å². The zero-order valence-corrected chi connectivity index (χ0v) is 32.8. The lowest BCUT2D eigenvalue weighted by Crippen LogP contribution is -2.52. The Kier molecular flexibility index (Phi) is 9.05. The molecule has 2 aliphatic heterocycles. The molecule has 0 radical (unpaired) electrons. The minimum absolute atomic E-state index is 0.0154. The fourth-order valence-corrected chi connectivity index (χ4v) is 9.23. The molecule has 5 aromatic rings. The van der Waals surface area contributed by atoms with Crippen molar-refractivity contribution in [3.05, 3.63) is 71.1 Å². The van der Waals surface area contributed by atoms with Crippen molar-refractivity contribution in [2.45, 2.75) is 89.6 Å². The van der Waals surface area contributed by atoms with Crippen LogP contribution in [0, 0.1) is 41.3 Å². The first-order chi connectivity index (χ1) is 27.8. The van der Waals surface area contributed by atoms with Crippen LogP contribution in [0.2, 0.25) is 0 Å². The Morgan fingerprint density at radius 3 is 1.97 bits per heavy atom. The molecule has 4 amide bonds. The van der Waals surface area contributed by atoms with Gasteiger partial charge in [-0.05, 0) is 85.1 Å². The van der Waals surface area contributed by atoms with Crippen LogP contribution in [0.15, 0.2) is 42.5 Å². The van der Waals surface area contributed by atoms with Gasteiger partial charge in [0.05, 0.1) is 35.7 Å². The summed E-state index contributed by atoms with van der Waals surface area (Å²) in [6.07, 6.45) is 1.38. The number of likely N-dealkylation sites (tertiary alicyclic amines) is 2. The first kappa shape index (κ1) is 37.4. The van der Waals surface area contributed by atoms with Gasteiger partial charge < -0.3 is 40.2 Å². The van der Waals surface area contributed by atoms with Gasteiger partial charge in [-0.3, -0.25) is 9.59 Å². The number of alkyl carbamates (subject to hydrolysis) is 1. The van der Waals surface area contributed by atoms with Crippen LogP contribution in [0.3, 0.4) is 0 Å². The Morgan fingerprint density at radius 2 is 1.36 bits per heavy atom. The van der Waals surface area contributed by atoms with Crippen molar-refractivity contribution < 1.29 is 33.4 Å². The van der Waals surface area contributed by atoms with Gasteiger partial charge in [0.25, 0.3) is 0 Å². The van der Waals surface area contributed by atoms with E-state index in [1.807, 2.05) is 49.1 Å². The summed E-state index contributed by atoms with van der Waals surface area (Å²) >= 11 is 0. The van der Waals surface area contributed by atoms with E-state index in [-0.39, 0.29) is 47.3 Å².